The molecule has 0 spiro atoms. The number of hydroxylamine groups is 1. The molecule has 1 aliphatic heterocycles. The number of rotatable bonds is 6. The maximum absolute atomic E-state index is 13.0. The van der Waals surface area contributed by atoms with Crippen molar-refractivity contribution < 1.29 is 29.4 Å². The van der Waals surface area contributed by atoms with Crippen LogP contribution in [0.1, 0.15) is 29.2 Å². The summed E-state index contributed by atoms with van der Waals surface area (Å²) in [5.41, 5.74) is 4.25. The van der Waals surface area contributed by atoms with Gasteiger partial charge in [0.2, 0.25) is 18.6 Å². The number of carbonyl (C=O) groups excluding carboxylic acids is 2. The molecule has 0 fully saturated rings. The Hall–Kier alpha value is -3.10. The summed E-state index contributed by atoms with van der Waals surface area (Å²) in [5.74, 6) is -0.533. The Morgan fingerprint density at radius 2 is 1.93 bits per heavy atom. The van der Waals surface area contributed by atoms with Crippen molar-refractivity contribution in [3.8, 4) is 11.5 Å². The maximum atomic E-state index is 13.0. The van der Waals surface area contributed by atoms with Gasteiger partial charge in [-0.3, -0.25) is 14.8 Å². The Bertz CT molecular complexity index is 931. The monoisotopic (exact) mass is 398 g/mol. The van der Waals surface area contributed by atoms with E-state index in [0.717, 1.165) is 16.7 Å². The molecule has 1 heterocycles. The second kappa shape index (κ2) is 8.10. The molecule has 2 aromatic carbocycles. The lowest BCUT2D eigenvalue weighted by Crippen LogP contribution is -2.40. The summed E-state index contributed by atoms with van der Waals surface area (Å²) >= 11 is 0. The summed E-state index contributed by atoms with van der Waals surface area (Å²) in [5, 5.41) is 22.2. The van der Waals surface area contributed by atoms with Gasteiger partial charge in [0.25, 0.3) is 0 Å². The van der Waals surface area contributed by atoms with Gasteiger partial charge in [0, 0.05) is 12.8 Å². The fourth-order valence-electron chi connectivity index (χ4n) is 3.90. The van der Waals surface area contributed by atoms with Gasteiger partial charge < -0.3 is 19.9 Å². The summed E-state index contributed by atoms with van der Waals surface area (Å²) in [6.07, 6.45) is -0.193. The van der Waals surface area contributed by atoms with E-state index in [1.165, 1.54) is 0 Å². The average Bonchev–Trinajstić information content (AvgIpc) is 3.31. The number of aliphatic hydroxyl groups excluding tert-OH is 1. The molecule has 4 rings (SSSR count). The Labute approximate surface area is 167 Å². The number of fused-ring (bicyclic) bond motifs is 2. The van der Waals surface area contributed by atoms with Crippen molar-refractivity contribution in [2.75, 3.05) is 6.79 Å². The molecule has 8 nitrogen and oxygen atoms in total. The first kappa shape index (κ1) is 19.2. The first-order valence-corrected chi connectivity index (χ1v) is 9.43. The van der Waals surface area contributed by atoms with Crippen molar-refractivity contribution >= 4 is 11.8 Å². The quantitative estimate of drug-likeness (QED) is 0.430. The molecule has 2 aliphatic rings. The van der Waals surface area contributed by atoms with Crippen molar-refractivity contribution in [3.05, 3.63) is 59.2 Å². The lowest BCUT2D eigenvalue weighted by atomic mass is 9.94. The molecule has 152 valence electrons. The average molecular weight is 398 g/mol. The van der Waals surface area contributed by atoms with E-state index >= 15 is 0 Å². The first-order valence-electron chi connectivity index (χ1n) is 9.43. The number of nitrogens with one attached hydrogen (secondary N) is 2. The third-order valence-electron chi connectivity index (χ3n) is 5.35. The molecular formula is C21H22N2O6. The van der Waals surface area contributed by atoms with Crippen molar-refractivity contribution in [2.45, 2.75) is 31.4 Å². The van der Waals surface area contributed by atoms with Crippen LogP contribution in [0.15, 0.2) is 42.5 Å². The molecule has 3 unspecified atom stereocenters. The second-order valence-corrected chi connectivity index (χ2v) is 7.28. The van der Waals surface area contributed by atoms with E-state index in [0.29, 0.717) is 17.9 Å². The van der Waals surface area contributed by atoms with E-state index in [2.05, 4.69) is 5.32 Å². The highest BCUT2D eigenvalue weighted by Gasteiger charge is 2.34. The van der Waals surface area contributed by atoms with E-state index < -0.39 is 24.0 Å². The SMILES string of the molecule is O=C(CC(Cc1ccc2c(c1)OCO2)C(=O)NC1c2ccccc2CC1O)NO. The van der Waals surface area contributed by atoms with Crippen molar-refractivity contribution in [1.29, 1.82) is 0 Å². The van der Waals surface area contributed by atoms with Crippen LogP contribution in [0.25, 0.3) is 0 Å². The van der Waals surface area contributed by atoms with Gasteiger partial charge in [0.05, 0.1) is 18.1 Å². The van der Waals surface area contributed by atoms with E-state index in [9.17, 15) is 14.7 Å². The van der Waals surface area contributed by atoms with Crippen LogP contribution in [0.2, 0.25) is 0 Å². The van der Waals surface area contributed by atoms with Gasteiger partial charge in [-0.05, 0) is 35.2 Å². The highest BCUT2D eigenvalue weighted by atomic mass is 16.7. The predicted molar refractivity (Wildman–Crippen MR) is 101 cm³/mol. The summed E-state index contributed by atoms with van der Waals surface area (Å²) < 4.78 is 10.7. The lowest BCUT2D eigenvalue weighted by molar-refractivity contribution is -0.135. The fraction of sp³-hybridized carbons (Fsp3) is 0.333. The zero-order chi connectivity index (χ0) is 20.4. The lowest BCUT2D eigenvalue weighted by Gasteiger charge is -2.22. The molecule has 0 saturated carbocycles. The van der Waals surface area contributed by atoms with E-state index in [4.69, 9.17) is 14.7 Å². The van der Waals surface area contributed by atoms with E-state index in [1.807, 2.05) is 30.3 Å². The molecule has 29 heavy (non-hydrogen) atoms. The van der Waals surface area contributed by atoms with Gasteiger partial charge in [-0.25, -0.2) is 5.48 Å². The van der Waals surface area contributed by atoms with Crippen LogP contribution in [0, 0.1) is 5.92 Å². The number of amides is 2. The minimum Gasteiger partial charge on any atom is -0.454 e. The van der Waals surface area contributed by atoms with Gasteiger partial charge in [-0.1, -0.05) is 30.3 Å². The van der Waals surface area contributed by atoms with E-state index in [-0.39, 0.29) is 25.5 Å². The molecule has 0 bridgehead atoms. The van der Waals surface area contributed by atoms with Gasteiger partial charge in [0.1, 0.15) is 0 Å². The van der Waals surface area contributed by atoms with Gasteiger partial charge in [0.15, 0.2) is 11.5 Å². The Morgan fingerprint density at radius 3 is 2.76 bits per heavy atom. The highest BCUT2D eigenvalue weighted by Crippen LogP contribution is 2.34. The van der Waals surface area contributed by atoms with Gasteiger partial charge in [-0.2, -0.15) is 0 Å². The van der Waals surface area contributed by atoms with Gasteiger partial charge in [-0.15, -0.1) is 0 Å². The zero-order valence-electron chi connectivity index (χ0n) is 15.6. The molecular weight excluding hydrogens is 376 g/mol. The standard InChI is InChI=1S/C21H22N2O6/c24-16-9-13-3-1-2-4-15(13)20(16)22-21(26)14(10-19(25)23-27)7-12-5-6-17-18(8-12)29-11-28-17/h1-6,8,14,16,20,24,27H,7,9-11H2,(H,22,26)(H,23,25). The zero-order valence-corrected chi connectivity index (χ0v) is 15.6. The van der Waals surface area contributed by atoms with Crippen LogP contribution in [-0.4, -0.2) is 35.0 Å². The first-order chi connectivity index (χ1) is 14.0. The van der Waals surface area contributed by atoms with Crippen molar-refractivity contribution in [3.63, 3.8) is 0 Å². The molecule has 3 atom stereocenters. The Morgan fingerprint density at radius 1 is 1.14 bits per heavy atom. The van der Waals surface area contributed by atoms with Crippen molar-refractivity contribution in [2.24, 2.45) is 5.92 Å². The number of hydrogen-bond acceptors (Lipinski definition) is 6. The second-order valence-electron chi connectivity index (χ2n) is 7.28. The number of carbonyl (C=O) groups is 2. The van der Waals surface area contributed by atoms with Crippen LogP contribution in [0.4, 0.5) is 0 Å². The molecule has 4 N–H and O–H groups in total. The smallest absolute Gasteiger partial charge is 0.244 e. The number of aliphatic hydroxyl groups is 1. The van der Waals surface area contributed by atoms with E-state index in [1.54, 1.807) is 17.6 Å². The summed E-state index contributed by atoms with van der Waals surface area (Å²) in [6, 6.07) is 12.4. The molecule has 8 heteroatoms. The number of benzene rings is 2. The molecule has 1 aliphatic carbocycles. The maximum Gasteiger partial charge on any atom is 0.244 e. The third-order valence-corrected chi connectivity index (χ3v) is 5.35. The normalized spacial score (nSPS) is 20.1. The fourth-order valence-corrected chi connectivity index (χ4v) is 3.90. The van der Waals surface area contributed by atoms with Crippen LogP contribution in [0.3, 0.4) is 0 Å². The molecule has 0 radical (unpaired) electrons. The molecule has 2 amide bonds. The molecule has 2 aromatic rings. The van der Waals surface area contributed by atoms with Crippen LogP contribution in [-0.2, 0) is 22.4 Å². The molecule has 0 saturated heterocycles. The van der Waals surface area contributed by atoms with Crippen LogP contribution < -0.4 is 20.3 Å². The largest absolute Gasteiger partial charge is 0.454 e. The molecule has 0 aromatic heterocycles. The van der Waals surface area contributed by atoms with Gasteiger partial charge >= 0.3 is 0 Å². The highest BCUT2D eigenvalue weighted by molar-refractivity contribution is 5.86. The number of hydrogen-bond donors (Lipinski definition) is 4. The number of ether oxygens (including phenoxy) is 2. The van der Waals surface area contributed by atoms with Crippen LogP contribution >= 0.6 is 0 Å². The van der Waals surface area contributed by atoms with Crippen molar-refractivity contribution in [1.82, 2.24) is 10.8 Å². The summed E-state index contributed by atoms with van der Waals surface area (Å²) in [6.45, 7) is 0.147. The van der Waals surface area contributed by atoms with Crippen LogP contribution in [0.5, 0.6) is 11.5 Å². The minimum absolute atomic E-state index is 0.147. The summed E-state index contributed by atoms with van der Waals surface area (Å²) in [4.78, 5) is 24.8. The Balaban J connectivity index is 1.52. The topological polar surface area (TPSA) is 117 Å². The predicted octanol–water partition coefficient (Wildman–Crippen LogP) is 1.24. The summed E-state index contributed by atoms with van der Waals surface area (Å²) in [7, 11) is 0. The minimum atomic E-state index is -0.734. The third kappa shape index (κ3) is 4.03. The Kier molecular flexibility index (Phi) is 5.37.